The normalized spacial score (nSPS) is 11.0. The monoisotopic (exact) mass is 283 g/mol. The fourth-order valence-corrected chi connectivity index (χ4v) is 2.39. The van der Waals surface area contributed by atoms with E-state index in [0.717, 1.165) is 18.5 Å². The number of aryl methyl sites for hydroxylation is 1. The Bertz CT molecular complexity index is 764. The number of nitrogen functional groups attached to an aromatic ring is 1. The van der Waals surface area contributed by atoms with Gasteiger partial charge in [0.2, 0.25) is 11.8 Å². The molecular weight excluding hydrogens is 266 g/mol. The molecule has 0 unspecified atom stereocenters. The van der Waals surface area contributed by atoms with E-state index in [9.17, 15) is 0 Å². The summed E-state index contributed by atoms with van der Waals surface area (Å²) in [7, 11) is 1.55. The average molecular weight is 283 g/mol. The number of hydrogen-bond donors (Lipinski definition) is 1. The van der Waals surface area contributed by atoms with Gasteiger partial charge in [0.15, 0.2) is 11.2 Å². The second-order valence-corrected chi connectivity index (χ2v) is 4.78. The van der Waals surface area contributed by atoms with E-state index >= 15 is 0 Å². The van der Waals surface area contributed by atoms with E-state index in [-0.39, 0.29) is 0 Å². The quantitative estimate of drug-likeness (QED) is 0.795. The van der Waals surface area contributed by atoms with Gasteiger partial charge in [-0.15, -0.1) is 0 Å². The second kappa shape index (κ2) is 5.40. The maximum Gasteiger partial charge on any atom is 0.245 e. The molecule has 2 heterocycles. The van der Waals surface area contributed by atoms with Gasteiger partial charge in [-0.2, -0.15) is 4.98 Å². The number of hydrogen-bond acceptors (Lipinski definition) is 5. The minimum atomic E-state index is 0.368. The Kier molecular flexibility index (Phi) is 3.43. The first-order valence-electron chi connectivity index (χ1n) is 6.86. The molecular formula is C15H17N5O. The van der Waals surface area contributed by atoms with Crippen LogP contribution in [-0.4, -0.2) is 26.6 Å². The highest BCUT2D eigenvalue weighted by molar-refractivity contribution is 5.81. The van der Waals surface area contributed by atoms with Crippen LogP contribution >= 0.6 is 0 Å². The zero-order valence-corrected chi connectivity index (χ0v) is 12.1. The lowest BCUT2D eigenvalue weighted by molar-refractivity contribution is 0.401. The van der Waals surface area contributed by atoms with Gasteiger partial charge in [-0.05, 0) is 24.1 Å². The van der Waals surface area contributed by atoms with E-state index in [1.807, 2.05) is 12.1 Å². The Balaban J connectivity index is 2.13. The Labute approximate surface area is 122 Å². The van der Waals surface area contributed by atoms with Crippen LogP contribution in [0.4, 0.5) is 5.95 Å². The number of nitrogens with two attached hydrogens (primary N) is 1. The molecule has 1 aromatic carbocycles. The molecule has 0 aliphatic heterocycles. The summed E-state index contributed by atoms with van der Waals surface area (Å²) in [5.74, 6) is 0.792. The SMILES string of the molecule is CCCc1ccc(-n2c(N)nc3c(OC)ncnc32)cc1. The summed E-state index contributed by atoms with van der Waals surface area (Å²) in [6.07, 6.45) is 3.64. The largest absolute Gasteiger partial charge is 0.479 e. The Morgan fingerprint density at radius 3 is 2.62 bits per heavy atom. The minimum absolute atomic E-state index is 0.368. The van der Waals surface area contributed by atoms with E-state index in [1.165, 1.54) is 11.9 Å². The van der Waals surface area contributed by atoms with Crippen molar-refractivity contribution in [1.82, 2.24) is 19.5 Å². The maximum absolute atomic E-state index is 6.03. The van der Waals surface area contributed by atoms with Crippen molar-refractivity contribution in [2.45, 2.75) is 19.8 Å². The molecule has 0 fully saturated rings. The van der Waals surface area contributed by atoms with Gasteiger partial charge in [-0.25, -0.2) is 9.97 Å². The Morgan fingerprint density at radius 2 is 1.95 bits per heavy atom. The molecule has 108 valence electrons. The standard InChI is InChI=1S/C15H17N5O/c1-3-4-10-5-7-11(8-6-10)20-13-12(19-15(20)16)14(21-2)18-9-17-13/h5-9H,3-4H2,1-2H3,(H2,16,19). The molecule has 21 heavy (non-hydrogen) atoms. The van der Waals surface area contributed by atoms with E-state index in [0.29, 0.717) is 23.0 Å². The van der Waals surface area contributed by atoms with Gasteiger partial charge in [0.25, 0.3) is 0 Å². The summed E-state index contributed by atoms with van der Waals surface area (Å²) in [6.45, 7) is 2.17. The first-order valence-corrected chi connectivity index (χ1v) is 6.86. The molecule has 0 amide bonds. The van der Waals surface area contributed by atoms with Gasteiger partial charge < -0.3 is 10.5 Å². The van der Waals surface area contributed by atoms with Crippen molar-refractivity contribution in [3.05, 3.63) is 36.2 Å². The fourth-order valence-electron chi connectivity index (χ4n) is 2.39. The molecule has 2 N–H and O–H groups in total. The predicted molar refractivity (Wildman–Crippen MR) is 81.6 cm³/mol. The van der Waals surface area contributed by atoms with Crippen molar-refractivity contribution in [2.24, 2.45) is 0 Å². The molecule has 3 aromatic rings. The molecule has 6 heteroatoms. The van der Waals surface area contributed by atoms with E-state index in [2.05, 4.69) is 34.0 Å². The van der Waals surface area contributed by atoms with E-state index in [1.54, 1.807) is 11.7 Å². The molecule has 0 aliphatic carbocycles. The summed E-state index contributed by atoms with van der Waals surface area (Å²) in [4.78, 5) is 12.6. The van der Waals surface area contributed by atoms with Gasteiger partial charge in [0.1, 0.15) is 6.33 Å². The van der Waals surface area contributed by atoms with Crippen LogP contribution in [0, 0.1) is 0 Å². The first-order chi connectivity index (χ1) is 10.2. The number of benzene rings is 1. The van der Waals surface area contributed by atoms with Gasteiger partial charge in [-0.1, -0.05) is 25.5 Å². The third-order valence-corrected chi connectivity index (χ3v) is 3.36. The highest BCUT2D eigenvalue weighted by atomic mass is 16.5. The van der Waals surface area contributed by atoms with Crippen LogP contribution in [0.2, 0.25) is 0 Å². The van der Waals surface area contributed by atoms with Crippen molar-refractivity contribution in [2.75, 3.05) is 12.8 Å². The van der Waals surface area contributed by atoms with Gasteiger partial charge in [-0.3, -0.25) is 4.57 Å². The zero-order chi connectivity index (χ0) is 14.8. The first kappa shape index (κ1) is 13.4. The zero-order valence-electron chi connectivity index (χ0n) is 12.1. The van der Waals surface area contributed by atoms with Gasteiger partial charge in [0.05, 0.1) is 12.8 Å². The highest BCUT2D eigenvalue weighted by Crippen LogP contribution is 2.26. The second-order valence-electron chi connectivity index (χ2n) is 4.78. The minimum Gasteiger partial charge on any atom is -0.479 e. The van der Waals surface area contributed by atoms with Crippen molar-refractivity contribution < 1.29 is 4.74 Å². The summed E-state index contributed by atoms with van der Waals surface area (Å²) in [6, 6.07) is 8.25. The number of nitrogens with zero attached hydrogens (tertiary/aromatic N) is 4. The third-order valence-electron chi connectivity index (χ3n) is 3.36. The van der Waals surface area contributed by atoms with Crippen molar-refractivity contribution in [3.63, 3.8) is 0 Å². The van der Waals surface area contributed by atoms with Crippen LogP contribution in [0.25, 0.3) is 16.9 Å². The summed E-state index contributed by atoms with van der Waals surface area (Å²) in [5, 5.41) is 0. The van der Waals surface area contributed by atoms with Crippen LogP contribution in [-0.2, 0) is 6.42 Å². The molecule has 0 saturated carbocycles. The average Bonchev–Trinajstić information content (AvgIpc) is 2.84. The number of fused-ring (bicyclic) bond motifs is 1. The molecule has 0 spiro atoms. The molecule has 0 saturated heterocycles. The van der Waals surface area contributed by atoms with E-state index in [4.69, 9.17) is 10.5 Å². The van der Waals surface area contributed by atoms with Gasteiger partial charge in [0, 0.05) is 0 Å². The smallest absolute Gasteiger partial charge is 0.245 e. The number of rotatable bonds is 4. The Morgan fingerprint density at radius 1 is 1.19 bits per heavy atom. The molecule has 0 bridgehead atoms. The van der Waals surface area contributed by atoms with Crippen LogP contribution in [0.3, 0.4) is 0 Å². The molecule has 0 radical (unpaired) electrons. The fraction of sp³-hybridized carbons (Fsp3) is 0.267. The summed E-state index contributed by atoms with van der Waals surface area (Å²) >= 11 is 0. The van der Waals surface area contributed by atoms with Crippen molar-refractivity contribution >= 4 is 17.1 Å². The molecule has 3 rings (SSSR count). The lowest BCUT2D eigenvalue weighted by atomic mass is 10.1. The van der Waals surface area contributed by atoms with Crippen molar-refractivity contribution in [1.29, 1.82) is 0 Å². The Hall–Kier alpha value is -2.63. The van der Waals surface area contributed by atoms with Crippen molar-refractivity contribution in [3.8, 4) is 11.6 Å². The molecule has 2 aromatic heterocycles. The maximum atomic E-state index is 6.03. The van der Waals surface area contributed by atoms with E-state index < -0.39 is 0 Å². The molecule has 0 atom stereocenters. The lowest BCUT2D eigenvalue weighted by Gasteiger charge is -2.07. The van der Waals surface area contributed by atoms with Crippen LogP contribution in [0.5, 0.6) is 5.88 Å². The molecule has 0 aliphatic rings. The van der Waals surface area contributed by atoms with Crippen LogP contribution in [0.1, 0.15) is 18.9 Å². The number of methoxy groups -OCH3 is 1. The number of imidazole rings is 1. The van der Waals surface area contributed by atoms with Crippen LogP contribution in [0.15, 0.2) is 30.6 Å². The predicted octanol–water partition coefficient (Wildman–Crippen LogP) is 2.36. The summed E-state index contributed by atoms with van der Waals surface area (Å²) < 4.78 is 7.00. The topological polar surface area (TPSA) is 78.9 Å². The number of aromatic nitrogens is 4. The highest BCUT2D eigenvalue weighted by Gasteiger charge is 2.15. The third kappa shape index (κ3) is 2.29. The van der Waals surface area contributed by atoms with Gasteiger partial charge >= 0.3 is 0 Å². The number of anilines is 1. The molecule has 6 nitrogen and oxygen atoms in total. The summed E-state index contributed by atoms with van der Waals surface area (Å²) in [5.41, 5.74) is 9.47. The van der Waals surface area contributed by atoms with Crippen LogP contribution < -0.4 is 10.5 Å². The lowest BCUT2D eigenvalue weighted by Crippen LogP contribution is -2.01. The number of ether oxygens (including phenoxy) is 1.